The second-order valence-electron chi connectivity index (χ2n) is 5.50. The molecular weight excluding hydrogens is 266 g/mol. The molecule has 0 spiro atoms. The van der Waals surface area contributed by atoms with E-state index in [4.69, 9.17) is 5.73 Å². The smallest absolute Gasteiger partial charge is 0.224 e. The summed E-state index contributed by atoms with van der Waals surface area (Å²) >= 11 is 0. The molecule has 0 saturated carbocycles. The van der Waals surface area contributed by atoms with Gasteiger partial charge in [0.2, 0.25) is 5.91 Å². The zero-order valence-corrected chi connectivity index (χ0v) is 12.9. The maximum Gasteiger partial charge on any atom is 0.224 e. The van der Waals surface area contributed by atoms with Crippen LogP contribution in [0.15, 0.2) is 6.07 Å². The molecule has 1 amide bonds. The summed E-state index contributed by atoms with van der Waals surface area (Å²) in [4.78, 5) is 23.3. The summed E-state index contributed by atoms with van der Waals surface area (Å²) in [7, 11) is 0. The van der Waals surface area contributed by atoms with Crippen LogP contribution in [-0.4, -0.2) is 42.1 Å². The minimum atomic E-state index is 0.0191. The van der Waals surface area contributed by atoms with Crippen molar-refractivity contribution < 1.29 is 4.79 Å². The summed E-state index contributed by atoms with van der Waals surface area (Å²) in [6, 6.07) is 2.00. The Balaban J connectivity index is 2.06. The van der Waals surface area contributed by atoms with Crippen molar-refractivity contribution in [3.8, 4) is 0 Å². The summed E-state index contributed by atoms with van der Waals surface area (Å²) in [6.45, 7) is 6.73. The van der Waals surface area contributed by atoms with Crippen molar-refractivity contribution in [2.24, 2.45) is 11.7 Å². The highest BCUT2D eigenvalue weighted by Gasteiger charge is 2.26. The van der Waals surface area contributed by atoms with E-state index in [1.165, 1.54) is 0 Å². The van der Waals surface area contributed by atoms with E-state index < -0.39 is 0 Å². The fraction of sp³-hybridized carbons (Fsp3) is 0.667. The Kier molecular flexibility index (Phi) is 5.50. The topological polar surface area (TPSA) is 84.1 Å². The lowest BCUT2D eigenvalue weighted by molar-refractivity contribution is -0.125. The Bertz CT molecular complexity index is 491. The van der Waals surface area contributed by atoms with Crippen LogP contribution < -0.4 is 16.0 Å². The molecular formula is C15H25N5O. The first kappa shape index (κ1) is 15.7. The van der Waals surface area contributed by atoms with Gasteiger partial charge < -0.3 is 16.0 Å². The first-order chi connectivity index (χ1) is 10.1. The van der Waals surface area contributed by atoms with E-state index >= 15 is 0 Å². The van der Waals surface area contributed by atoms with Crippen LogP contribution in [0.1, 0.15) is 31.3 Å². The van der Waals surface area contributed by atoms with E-state index in [0.717, 1.165) is 49.7 Å². The Morgan fingerprint density at radius 2 is 2.33 bits per heavy atom. The van der Waals surface area contributed by atoms with Crippen LogP contribution in [0.4, 0.5) is 5.82 Å². The van der Waals surface area contributed by atoms with E-state index in [1.54, 1.807) is 0 Å². The summed E-state index contributed by atoms with van der Waals surface area (Å²) in [6.07, 6.45) is 2.76. The van der Waals surface area contributed by atoms with Gasteiger partial charge in [0.05, 0.1) is 5.92 Å². The molecule has 1 aromatic rings. The Labute approximate surface area is 126 Å². The third kappa shape index (κ3) is 4.14. The largest absolute Gasteiger partial charge is 0.356 e. The zero-order chi connectivity index (χ0) is 15.2. The van der Waals surface area contributed by atoms with Gasteiger partial charge in [0.15, 0.2) is 0 Å². The lowest BCUT2D eigenvalue weighted by Crippen LogP contribution is -2.44. The number of hydrogen-bond donors (Lipinski definition) is 2. The lowest BCUT2D eigenvalue weighted by Gasteiger charge is -2.33. The Morgan fingerprint density at radius 3 is 3.05 bits per heavy atom. The second-order valence-corrected chi connectivity index (χ2v) is 5.50. The van der Waals surface area contributed by atoms with Crippen molar-refractivity contribution >= 4 is 11.7 Å². The summed E-state index contributed by atoms with van der Waals surface area (Å²) in [5, 5.41) is 2.88. The van der Waals surface area contributed by atoms with Crippen molar-refractivity contribution in [1.29, 1.82) is 0 Å². The summed E-state index contributed by atoms with van der Waals surface area (Å²) in [5.74, 6) is 1.92. The fourth-order valence-corrected chi connectivity index (χ4v) is 2.67. The van der Waals surface area contributed by atoms with E-state index in [-0.39, 0.29) is 11.8 Å². The first-order valence-corrected chi connectivity index (χ1v) is 7.71. The number of rotatable bonds is 5. The average molecular weight is 291 g/mol. The molecule has 1 atom stereocenters. The zero-order valence-electron chi connectivity index (χ0n) is 12.9. The third-order valence-electron chi connectivity index (χ3n) is 3.76. The molecule has 2 rings (SSSR count). The second kappa shape index (κ2) is 7.36. The number of piperidine rings is 1. The molecule has 1 saturated heterocycles. The predicted octanol–water partition coefficient (Wildman–Crippen LogP) is 0.639. The summed E-state index contributed by atoms with van der Waals surface area (Å²) < 4.78 is 0. The molecule has 1 aliphatic rings. The van der Waals surface area contributed by atoms with Crippen molar-refractivity contribution in [3.63, 3.8) is 0 Å². The van der Waals surface area contributed by atoms with Crippen LogP contribution in [0.2, 0.25) is 0 Å². The highest BCUT2D eigenvalue weighted by atomic mass is 16.1. The number of nitrogens with one attached hydrogen (secondary N) is 1. The standard InChI is InChI=1S/C15H25N5O/c1-3-13-18-11(2)9-14(19-13)20-8-4-5-12(10-20)15(21)17-7-6-16/h9,12H,3-8,10,16H2,1-2H3,(H,17,21). The molecule has 6 nitrogen and oxygen atoms in total. The molecule has 116 valence electrons. The monoisotopic (exact) mass is 291 g/mol. The van der Waals surface area contributed by atoms with Gasteiger partial charge in [-0.2, -0.15) is 0 Å². The Hall–Kier alpha value is -1.69. The molecule has 1 aliphatic heterocycles. The number of nitrogens with two attached hydrogens (primary N) is 1. The predicted molar refractivity (Wildman–Crippen MR) is 83.1 cm³/mol. The first-order valence-electron chi connectivity index (χ1n) is 7.71. The van der Waals surface area contributed by atoms with Crippen molar-refractivity contribution in [3.05, 3.63) is 17.6 Å². The van der Waals surface area contributed by atoms with Gasteiger partial charge in [-0.25, -0.2) is 9.97 Å². The molecule has 1 fully saturated rings. The fourth-order valence-electron chi connectivity index (χ4n) is 2.67. The number of amides is 1. The maximum atomic E-state index is 12.1. The number of aromatic nitrogens is 2. The molecule has 21 heavy (non-hydrogen) atoms. The molecule has 3 N–H and O–H groups in total. The minimum Gasteiger partial charge on any atom is -0.356 e. The van der Waals surface area contributed by atoms with Gasteiger partial charge in [-0.05, 0) is 19.8 Å². The maximum absolute atomic E-state index is 12.1. The molecule has 2 heterocycles. The molecule has 0 aliphatic carbocycles. The van der Waals surface area contributed by atoms with Crippen LogP contribution in [0, 0.1) is 12.8 Å². The number of carbonyl (C=O) groups excluding carboxylic acids is 1. The molecule has 6 heteroatoms. The van der Waals surface area contributed by atoms with Crippen molar-refractivity contribution in [2.45, 2.75) is 33.1 Å². The quantitative estimate of drug-likeness (QED) is 0.831. The van der Waals surface area contributed by atoms with Gasteiger partial charge in [0.1, 0.15) is 11.6 Å². The number of nitrogens with zero attached hydrogens (tertiary/aromatic N) is 3. The van der Waals surface area contributed by atoms with Crippen LogP contribution in [0.25, 0.3) is 0 Å². The third-order valence-corrected chi connectivity index (χ3v) is 3.76. The van der Waals surface area contributed by atoms with Gasteiger partial charge >= 0.3 is 0 Å². The van der Waals surface area contributed by atoms with E-state index in [2.05, 4.69) is 27.1 Å². The normalized spacial score (nSPS) is 18.6. The molecule has 1 unspecified atom stereocenters. The summed E-state index contributed by atoms with van der Waals surface area (Å²) in [5.41, 5.74) is 6.41. The number of hydrogen-bond acceptors (Lipinski definition) is 5. The van der Waals surface area contributed by atoms with Gasteiger partial charge in [-0.1, -0.05) is 6.92 Å². The van der Waals surface area contributed by atoms with Crippen LogP contribution in [-0.2, 0) is 11.2 Å². The Morgan fingerprint density at radius 1 is 1.52 bits per heavy atom. The van der Waals surface area contributed by atoms with E-state index in [9.17, 15) is 4.79 Å². The van der Waals surface area contributed by atoms with Gasteiger partial charge in [-0.3, -0.25) is 4.79 Å². The lowest BCUT2D eigenvalue weighted by atomic mass is 9.97. The van der Waals surface area contributed by atoms with Gasteiger partial charge in [0.25, 0.3) is 0 Å². The van der Waals surface area contributed by atoms with Crippen LogP contribution in [0.5, 0.6) is 0 Å². The van der Waals surface area contributed by atoms with Gasteiger partial charge in [-0.15, -0.1) is 0 Å². The highest BCUT2D eigenvalue weighted by Crippen LogP contribution is 2.22. The van der Waals surface area contributed by atoms with E-state index in [1.807, 2.05) is 13.0 Å². The SMILES string of the molecule is CCc1nc(C)cc(N2CCCC(C(=O)NCCN)C2)n1. The molecule has 0 aromatic carbocycles. The van der Waals surface area contributed by atoms with Crippen LogP contribution in [0.3, 0.4) is 0 Å². The van der Waals surface area contributed by atoms with Gasteiger partial charge in [0, 0.05) is 44.4 Å². The van der Waals surface area contributed by atoms with Crippen molar-refractivity contribution in [1.82, 2.24) is 15.3 Å². The minimum absolute atomic E-state index is 0.0191. The molecule has 0 bridgehead atoms. The average Bonchev–Trinajstić information content (AvgIpc) is 2.52. The number of aryl methyl sites for hydroxylation is 2. The van der Waals surface area contributed by atoms with Crippen molar-refractivity contribution in [2.75, 3.05) is 31.1 Å². The number of carbonyl (C=O) groups is 1. The van der Waals surface area contributed by atoms with Crippen LogP contribution >= 0.6 is 0 Å². The molecule has 0 radical (unpaired) electrons. The highest BCUT2D eigenvalue weighted by molar-refractivity contribution is 5.79. The number of anilines is 1. The molecule has 1 aromatic heterocycles. The van der Waals surface area contributed by atoms with E-state index in [0.29, 0.717) is 13.1 Å².